The van der Waals surface area contributed by atoms with E-state index in [4.69, 9.17) is 9.47 Å². The first-order valence-electron chi connectivity index (χ1n) is 5.22. The lowest BCUT2D eigenvalue weighted by Crippen LogP contribution is -2.41. The van der Waals surface area contributed by atoms with E-state index in [-0.39, 0.29) is 17.9 Å². The fourth-order valence-corrected chi connectivity index (χ4v) is 1.74. The number of cyclic esters (lactones) is 1. The van der Waals surface area contributed by atoms with Crippen molar-refractivity contribution in [3.8, 4) is 0 Å². The van der Waals surface area contributed by atoms with Gasteiger partial charge in [0.15, 0.2) is 0 Å². The van der Waals surface area contributed by atoms with Crippen molar-refractivity contribution in [3.05, 3.63) is 0 Å². The van der Waals surface area contributed by atoms with Gasteiger partial charge < -0.3 is 14.8 Å². The van der Waals surface area contributed by atoms with E-state index < -0.39 is 11.7 Å². The van der Waals surface area contributed by atoms with Gasteiger partial charge >= 0.3 is 12.1 Å². The highest BCUT2D eigenvalue weighted by atomic mass is 31.0. The lowest BCUT2D eigenvalue weighted by Gasteiger charge is -2.23. The van der Waals surface area contributed by atoms with Gasteiger partial charge in [0, 0.05) is 6.42 Å². The monoisotopic (exact) mass is 247 g/mol. The third-order valence-corrected chi connectivity index (χ3v) is 2.60. The Morgan fingerprint density at radius 3 is 2.69 bits per heavy atom. The predicted molar refractivity (Wildman–Crippen MR) is 62.0 cm³/mol. The molecule has 0 aromatic heterocycles. The van der Waals surface area contributed by atoms with Crippen molar-refractivity contribution >= 4 is 21.3 Å². The zero-order valence-corrected chi connectivity index (χ0v) is 10.9. The van der Waals surface area contributed by atoms with Gasteiger partial charge in [-0.25, -0.2) is 4.79 Å². The van der Waals surface area contributed by atoms with Crippen LogP contribution >= 0.6 is 9.24 Å². The Labute approximate surface area is 97.4 Å². The molecule has 0 bridgehead atoms. The lowest BCUT2D eigenvalue weighted by molar-refractivity contribution is -0.141. The molecule has 1 aliphatic heterocycles. The van der Waals surface area contributed by atoms with Crippen LogP contribution < -0.4 is 5.32 Å². The number of nitrogens with one attached hydrogen (secondary N) is 1. The number of carbonyl (C=O) groups is 2. The minimum atomic E-state index is -0.527. The molecule has 1 N–H and O–H groups in total. The Morgan fingerprint density at radius 2 is 2.25 bits per heavy atom. The average Bonchev–Trinajstić information content (AvgIpc) is 2.47. The smallest absolute Gasteiger partial charge is 0.408 e. The number of carbonyl (C=O) groups excluding carboxylic acids is 2. The van der Waals surface area contributed by atoms with E-state index in [1.165, 1.54) is 0 Å². The summed E-state index contributed by atoms with van der Waals surface area (Å²) in [6.07, 6.45) is 0.259. The van der Waals surface area contributed by atoms with Gasteiger partial charge in [0.1, 0.15) is 11.7 Å². The van der Waals surface area contributed by atoms with Gasteiger partial charge in [0.2, 0.25) is 0 Å². The Morgan fingerprint density at radius 1 is 1.62 bits per heavy atom. The zero-order chi connectivity index (χ0) is 12.3. The van der Waals surface area contributed by atoms with Crippen molar-refractivity contribution in [2.24, 2.45) is 0 Å². The molecule has 0 aromatic rings. The van der Waals surface area contributed by atoms with Crippen LogP contribution in [0.2, 0.25) is 0 Å². The van der Waals surface area contributed by atoms with Gasteiger partial charge in [-0.05, 0) is 27.2 Å². The van der Waals surface area contributed by atoms with Gasteiger partial charge in [-0.3, -0.25) is 4.79 Å². The Kier molecular flexibility index (Phi) is 4.14. The molecule has 1 aliphatic rings. The molecule has 1 heterocycles. The number of hydrogen-bond donors (Lipinski definition) is 1. The number of ether oxygens (including phenoxy) is 2. The molecule has 0 aromatic carbocycles. The molecule has 16 heavy (non-hydrogen) atoms. The highest BCUT2D eigenvalue weighted by molar-refractivity contribution is 7.17. The molecular formula is C10H18NO4P. The number of alkyl carbamates (subject to hydrolysis) is 1. The summed E-state index contributed by atoms with van der Waals surface area (Å²) < 4.78 is 10.1. The van der Waals surface area contributed by atoms with Crippen LogP contribution in [0.25, 0.3) is 0 Å². The second kappa shape index (κ2) is 5.00. The van der Waals surface area contributed by atoms with E-state index in [1.54, 1.807) is 20.8 Å². The third-order valence-electron chi connectivity index (χ3n) is 2.00. The first-order chi connectivity index (χ1) is 7.28. The molecule has 1 saturated heterocycles. The van der Waals surface area contributed by atoms with Crippen LogP contribution in [0.15, 0.2) is 0 Å². The highest BCUT2D eigenvalue weighted by Gasteiger charge is 2.30. The normalized spacial score (nSPS) is 22.5. The van der Waals surface area contributed by atoms with Crippen LogP contribution in [0, 0.1) is 0 Å². The van der Waals surface area contributed by atoms with E-state index in [0.717, 1.165) is 0 Å². The molecule has 3 atom stereocenters. The minimum Gasteiger partial charge on any atom is -0.460 e. The Bertz CT molecular complexity index is 287. The van der Waals surface area contributed by atoms with Gasteiger partial charge in [0.05, 0.1) is 5.78 Å². The average molecular weight is 247 g/mol. The SMILES string of the molecule is CC(C)(C)OC(=O)NC(P)C1CCC(=O)O1. The van der Waals surface area contributed by atoms with Gasteiger partial charge in [-0.2, -0.15) is 0 Å². The standard InChI is InChI=1S/C10H18NO4P/c1-10(2,3)15-9(13)11-8(16)6-4-5-7(12)14-6/h6,8H,4-5,16H2,1-3H3,(H,11,13). The van der Waals surface area contributed by atoms with E-state index in [0.29, 0.717) is 12.8 Å². The molecule has 1 fully saturated rings. The van der Waals surface area contributed by atoms with Crippen LogP contribution in [0.5, 0.6) is 0 Å². The van der Waals surface area contributed by atoms with Crippen LogP contribution in [0.1, 0.15) is 33.6 Å². The van der Waals surface area contributed by atoms with E-state index in [2.05, 4.69) is 14.6 Å². The lowest BCUT2D eigenvalue weighted by atomic mass is 10.2. The summed E-state index contributed by atoms with van der Waals surface area (Å²) >= 11 is 0. The highest BCUT2D eigenvalue weighted by Crippen LogP contribution is 2.20. The van der Waals surface area contributed by atoms with Crippen molar-refractivity contribution in [1.29, 1.82) is 0 Å². The second-order valence-corrected chi connectivity index (χ2v) is 5.46. The molecule has 0 aliphatic carbocycles. The van der Waals surface area contributed by atoms with Crippen molar-refractivity contribution in [1.82, 2.24) is 5.32 Å². The first-order valence-corrected chi connectivity index (χ1v) is 5.89. The minimum absolute atomic E-state index is 0.219. The molecule has 5 nitrogen and oxygen atoms in total. The summed E-state index contributed by atoms with van der Waals surface area (Å²) in [4.78, 5) is 22.3. The second-order valence-electron chi connectivity index (χ2n) is 4.74. The summed E-state index contributed by atoms with van der Waals surface area (Å²) in [5, 5.41) is 2.62. The van der Waals surface area contributed by atoms with Gasteiger partial charge in [-0.15, -0.1) is 9.24 Å². The number of esters is 1. The van der Waals surface area contributed by atoms with E-state index in [9.17, 15) is 9.59 Å². The molecule has 0 saturated carbocycles. The largest absolute Gasteiger partial charge is 0.460 e. The molecule has 92 valence electrons. The van der Waals surface area contributed by atoms with Crippen molar-refractivity contribution in [2.45, 2.75) is 51.1 Å². The predicted octanol–water partition coefficient (Wildman–Crippen LogP) is 1.42. The molecule has 0 radical (unpaired) electrons. The summed E-state index contributed by atoms with van der Waals surface area (Å²) in [7, 11) is 2.44. The summed E-state index contributed by atoms with van der Waals surface area (Å²) in [6, 6.07) is 0. The maximum absolute atomic E-state index is 11.4. The maximum atomic E-state index is 11.4. The van der Waals surface area contributed by atoms with Crippen molar-refractivity contribution in [2.75, 3.05) is 0 Å². The third kappa shape index (κ3) is 4.35. The number of amides is 1. The zero-order valence-electron chi connectivity index (χ0n) is 9.78. The molecule has 6 heteroatoms. The fraction of sp³-hybridized carbons (Fsp3) is 0.800. The summed E-state index contributed by atoms with van der Waals surface area (Å²) in [5.74, 6) is -0.523. The molecular weight excluding hydrogens is 229 g/mol. The summed E-state index contributed by atoms with van der Waals surface area (Å²) in [6.45, 7) is 5.37. The van der Waals surface area contributed by atoms with Crippen LogP contribution in [-0.4, -0.2) is 29.6 Å². The molecule has 1 rings (SSSR count). The maximum Gasteiger partial charge on any atom is 0.408 e. The van der Waals surface area contributed by atoms with Gasteiger partial charge in [-0.1, -0.05) is 0 Å². The summed E-state index contributed by atoms with van der Waals surface area (Å²) in [5.41, 5.74) is -0.527. The van der Waals surface area contributed by atoms with Crippen LogP contribution in [0.4, 0.5) is 4.79 Å². The fourth-order valence-electron chi connectivity index (χ4n) is 1.34. The van der Waals surface area contributed by atoms with E-state index >= 15 is 0 Å². The van der Waals surface area contributed by atoms with Crippen LogP contribution in [0.3, 0.4) is 0 Å². The van der Waals surface area contributed by atoms with Crippen molar-refractivity contribution < 1.29 is 19.1 Å². The molecule has 0 spiro atoms. The van der Waals surface area contributed by atoms with E-state index in [1.807, 2.05) is 0 Å². The number of hydrogen-bond acceptors (Lipinski definition) is 4. The quantitative estimate of drug-likeness (QED) is 0.592. The first kappa shape index (κ1) is 13.2. The van der Waals surface area contributed by atoms with Crippen molar-refractivity contribution in [3.63, 3.8) is 0 Å². The van der Waals surface area contributed by atoms with Gasteiger partial charge in [0.25, 0.3) is 0 Å². The Balaban J connectivity index is 2.36. The van der Waals surface area contributed by atoms with Crippen LogP contribution in [-0.2, 0) is 14.3 Å². The Hall–Kier alpha value is -0.830. The molecule has 1 amide bonds. The topological polar surface area (TPSA) is 64.6 Å². The number of rotatable bonds is 2. The molecule has 3 unspecified atom stereocenters.